The smallest absolute Gasteiger partial charge is 0.250 e. The van der Waals surface area contributed by atoms with Gasteiger partial charge in [0.2, 0.25) is 17.7 Å². The van der Waals surface area contributed by atoms with Crippen molar-refractivity contribution >= 4 is 44.7 Å². The van der Waals surface area contributed by atoms with Crippen molar-refractivity contribution in [3.8, 4) is 0 Å². The van der Waals surface area contributed by atoms with E-state index in [1.54, 1.807) is 31.5 Å². The molecule has 2 bridgehead atoms. The molecule has 12 heteroatoms. The van der Waals surface area contributed by atoms with Crippen LogP contribution in [0.5, 0.6) is 0 Å². The molecule has 11 nitrogen and oxygen atoms in total. The van der Waals surface area contributed by atoms with Gasteiger partial charge in [-0.2, -0.15) is 0 Å². The van der Waals surface area contributed by atoms with Crippen LogP contribution in [0.4, 0.5) is 0 Å². The van der Waals surface area contributed by atoms with Crippen molar-refractivity contribution in [1.82, 2.24) is 29.7 Å². The number of rotatable bonds is 14. The Morgan fingerprint density at radius 1 is 1.10 bits per heavy atom. The molecule has 1 spiro atoms. The molecular formula is C36H43BrN6O5. The van der Waals surface area contributed by atoms with Crippen LogP contribution in [0.2, 0.25) is 0 Å². The summed E-state index contributed by atoms with van der Waals surface area (Å²) in [4.78, 5) is 49.0. The molecule has 6 rings (SSSR count). The maximum absolute atomic E-state index is 15.0. The Kier molecular flexibility index (Phi) is 9.87. The molecule has 4 heterocycles. The second-order valence-electron chi connectivity index (χ2n) is 13.1. The highest BCUT2D eigenvalue weighted by Crippen LogP contribution is 2.61. The van der Waals surface area contributed by atoms with Crippen LogP contribution in [0.15, 0.2) is 79.9 Å². The van der Waals surface area contributed by atoms with Crippen LogP contribution < -0.4 is 0 Å². The molecule has 3 amide bonds. The molecular weight excluding hydrogens is 676 g/mol. The molecule has 254 valence electrons. The minimum atomic E-state index is -1.29. The lowest BCUT2D eigenvalue weighted by atomic mass is 9.70. The second-order valence-corrected chi connectivity index (χ2v) is 14.3. The number of amides is 3. The maximum atomic E-state index is 15.0. The second kappa shape index (κ2) is 13.9. The summed E-state index contributed by atoms with van der Waals surface area (Å²) in [5, 5.41) is 19.3. The first kappa shape index (κ1) is 34.0. The number of nitrogens with zero attached hydrogens (tertiary/aromatic N) is 6. The van der Waals surface area contributed by atoms with E-state index in [9.17, 15) is 14.7 Å². The van der Waals surface area contributed by atoms with Gasteiger partial charge in [0.15, 0.2) is 0 Å². The third-order valence-electron chi connectivity index (χ3n) is 10.4. The van der Waals surface area contributed by atoms with Crippen molar-refractivity contribution in [3.05, 3.63) is 85.5 Å². The number of aliphatic hydroxyl groups excluding tert-OH is 1. The zero-order valence-corrected chi connectivity index (χ0v) is 29.0. The molecule has 0 aliphatic carbocycles. The molecule has 3 unspecified atom stereocenters. The SMILES string of the molecule is C=CCN(Cn1nnc2ccccc21)C(=O)C1N([C@@H](CO)[C@@H](C)CC)C(=O)[C@@H]2[C@@H](C(=O)N(CC=C)Cc3ccccc3)[C@@H]3OC12CC3Br. The summed E-state index contributed by atoms with van der Waals surface area (Å²) in [5.41, 5.74) is 1.11. The first-order valence-corrected chi connectivity index (χ1v) is 17.5. The van der Waals surface area contributed by atoms with Crippen molar-refractivity contribution in [3.63, 3.8) is 0 Å². The van der Waals surface area contributed by atoms with Gasteiger partial charge in [-0.1, -0.05) is 96.0 Å². The number of alkyl halides is 1. The van der Waals surface area contributed by atoms with Gasteiger partial charge in [0.1, 0.15) is 23.8 Å². The molecule has 3 fully saturated rings. The summed E-state index contributed by atoms with van der Waals surface area (Å²) >= 11 is 3.79. The van der Waals surface area contributed by atoms with Gasteiger partial charge in [-0.25, -0.2) is 4.68 Å². The Labute approximate surface area is 289 Å². The van der Waals surface area contributed by atoms with Crippen molar-refractivity contribution in [2.45, 2.75) is 68.5 Å². The number of ether oxygens (including phenoxy) is 1. The van der Waals surface area contributed by atoms with Crippen LogP contribution in [0.1, 0.15) is 32.3 Å². The monoisotopic (exact) mass is 718 g/mol. The minimum absolute atomic E-state index is 0.0610. The standard InChI is InChI=1S/C36H43BrN6O5/c1-5-17-40(20-24-13-9-8-10-14-24)33(45)29-30-34(46)43(28(21-44)23(4)7-3)32(36(30)19-25(37)31(29)48-36)35(47)41(18-6-2)22-42-27-16-12-11-15-26(27)38-39-42/h5-6,8-16,23,25,28-32,44H,1-2,7,17-22H2,3-4H3/t23-,25?,28-,29+,30-,31+,32?,36?/m0/s1. The van der Waals surface area contributed by atoms with Gasteiger partial charge in [0, 0.05) is 24.5 Å². The summed E-state index contributed by atoms with van der Waals surface area (Å²) in [5.74, 6) is -2.77. The average molecular weight is 720 g/mol. The molecule has 3 aliphatic heterocycles. The van der Waals surface area contributed by atoms with Gasteiger partial charge in [-0.15, -0.1) is 18.3 Å². The molecule has 3 saturated heterocycles. The van der Waals surface area contributed by atoms with Crippen LogP contribution in [-0.2, 0) is 32.3 Å². The van der Waals surface area contributed by atoms with E-state index < -0.39 is 35.6 Å². The lowest BCUT2D eigenvalue weighted by Gasteiger charge is -2.40. The highest BCUT2D eigenvalue weighted by molar-refractivity contribution is 9.09. The predicted molar refractivity (Wildman–Crippen MR) is 184 cm³/mol. The Bertz CT molecular complexity index is 1680. The summed E-state index contributed by atoms with van der Waals surface area (Å²) in [6.45, 7) is 12.3. The van der Waals surface area contributed by atoms with Gasteiger partial charge in [0.05, 0.1) is 36.1 Å². The topological polar surface area (TPSA) is 121 Å². The normalized spacial score (nSPS) is 27.1. The fraction of sp³-hybridized carbons (Fsp3) is 0.472. The molecule has 0 saturated carbocycles. The Morgan fingerprint density at radius 3 is 2.48 bits per heavy atom. The molecule has 3 aliphatic rings. The number of carbonyl (C=O) groups is 3. The first-order chi connectivity index (χ1) is 23.2. The van der Waals surface area contributed by atoms with Gasteiger partial charge in [0.25, 0.3) is 0 Å². The van der Waals surface area contributed by atoms with E-state index in [1.807, 2.05) is 68.4 Å². The number of hydrogen-bond acceptors (Lipinski definition) is 7. The van der Waals surface area contributed by atoms with E-state index in [1.165, 1.54) is 0 Å². The molecule has 1 N–H and O–H groups in total. The summed E-state index contributed by atoms with van der Waals surface area (Å²) in [6, 6.07) is 15.4. The Morgan fingerprint density at radius 2 is 1.79 bits per heavy atom. The largest absolute Gasteiger partial charge is 0.394 e. The van der Waals surface area contributed by atoms with Crippen molar-refractivity contribution < 1.29 is 24.2 Å². The van der Waals surface area contributed by atoms with E-state index in [2.05, 4.69) is 39.4 Å². The summed E-state index contributed by atoms with van der Waals surface area (Å²) in [7, 11) is 0. The number of aliphatic hydroxyl groups is 1. The predicted octanol–water partition coefficient (Wildman–Crippen LogP) is 3.77. The van der Waals surface area contributed by atoms with Crippen LogP contribution in [0.25, 0.3) is 11.0 Å². The fourth-order valence-electron chi connectivity index (χ4n) is 7.93. The lowest BCUT2D eigenvalue weighted by Crippen LogP contribution is -2.60. The van der Waals surface area contributed by atoms with Crippen LogP contribution in [0, 0.1) is 17.8 Å². The third-order valence-corrected chi connectivity index (χ3v) is 11.2. The van der Waals surface area contributed by atoms with Gasteiger partial charge in [-0.05, 0) is 30.0 Å². The zero-order chi connectivity index (χ0) is 34.2. The number of hydrogen-bond donors (Lipinski definition) is 1. The van der Waals surface area contributed by atoms with Gasteiger partial charge >= 0.3 is 0 Å². The van der Waals surface area contributed by atoms with Crippen LogP contribution in [0.3, 0.4) is 0 Å². The molecule has 2 aromatic carbocycles. The van der Waals surface area contributed by atoms with E-state index in [-0.39, 0.29) is 54.8 Å². The van der Waals surface area contributed by atoms with Gasteiger partial charge < -0.3 is 24.5 Å². The number of fused-ring (bicyclic) bond motifs is 2. The average Bonchev–Trinajstić information content (AvgIpc) is 3.82. The fourth-order valence-corrected chi connectivity index (χ4v) is 8.88. The molecule has 1 aromatic heterocycles. The lowest BCUT2D eigenvalue weighted by molar-refractivity contribution is -0.154. The van der Waals surface area contributed by atoms with Crippen LogP contribution in [-0.4, -0.2) is 101 Å². The van der Waals surface area contributed by atoms with E-state index in [4.69, 9.17) is 4.74 Å². The van der Waals surface area contributed by atoms with Crippen molar-refractivity contribution in [2.75, 3.05) is 19.7 Å². The molecule has 0 radical (unpaired) electrons. The highest BCUT2D eigenvalue weighted by atomic mass is 79.9. The van der Waals surface area contributed by atoms with Crippen molar-refractivity contribution in [1.29, 1.82) is 0 Å². The summed E-state index contributed by atoms with van der Waals surface area (Å²) in [6.07, 6.45) is 3.73. The maximum Gasteiger partial charge on any atom is 0.250 e. The summed E-state index contributed by atoms with van der Waals surface area (Å²) < 4.78 is 8.46. The molecule has 48 heavy (non-hydrogen) atoms. The number of benzene rings is 2. The molecule has 3 aromatic rings. The Hall–Kier alpha value is -3.87. The zero-order valence-electron chi connectivity index (χ0n) is 27.4. The number of likely N-dealkylation sites (tertiary alicyclic amines) is 1. The van der Waals surface area contributed by atoms with E-state index in [0.717, 1.165) is 11.1 Å². The van der Waals surface area contributed by atoms with E-state index >= 15 is 4.79 Å². The number of carbonyl (C=O) groups excluding carboxylic acids is 3. The minimum Gasteiger partial charge on any atom is -0.394 e. The highest BCUT2D eigenvalue weighted by Gasteiger charge is 2.77. The van der Waals surface area contributed by atoms with E-state index in [0.29, 0.717) is 24.9 Å². The number of halogens is 1. The Balaban J connectivity index is 1.42. The van der Waals surface area contributed by atoms with Crippen molar-refractivity contribution in [2.24, 2.45) is 17.8 Å². The quantitative estimate of drug-likeness (QED) is 0.199. The first-order valence-electron chi connectivity index (χ1n) is 16.6. The number of aromatic nitrogens is 3. The van der Waals surface area contributed by atoms with Gasteiger partial charge in [-0.3, -0.25) is 14.4 Å². The van der Waals surface area contributed by atoms with Crippen LogP contribution >= 0.6 is 15.9 Å². The third kappa shape index (κ3) is 5.67. The number of para-hydroxylation sites is 1. The molecule has 8 atom stereocenters.